The van der Waals surface area contributed by atoms with Crippen LogP contribution in [0.25, 0.3) is 10.8 Å². The first-order valence-electron chi connectivity index (χ1n) is 6.93. The molecule has 2 aromatic carbocycles. The van der Waals surface area contributed by atoms with Gasteiger partial charge in [0.1, 0.15) is 0 Å². The average Bonchev–Trinajstić information content (AvgIpc) is 2.97. The zero-order valence-electron chi connectivity index (χ0n) is 11.6. The Morgan fingerprint density at radius 3 is 2.76 bits per heavy atom. The zero-order chi connectivity index (χ0) is 13.9. The predicted octanol–water partition coefficient (Wildman–Crippen LogP) is 3.51. The number of carbonyl (C=O) groups excluding carboxylic acids is 1. The van der Waals surface area contributed by atoms with Gasteiger partial charge in [-0.25, -0.2) is 0 Å². The molecule has 0 spiro atoms. The summed E-state index contributed by atoms with van der Waals surface area (Å²) in [5.41, 5.74) is 0.720. The van der Waals surface area contributed by atoms with E-state index in [9.17, 15) is 4.79 Å². The van der Waals surface area contributed by atoms with Gasteiger partial charge in [-0.3, -0.25) is 4.79 Å². The molecule has 1 aliphatic rings. The van der Waals surface area contributed by atoms with Gasteiger partial charge in [-0.15, -0.1) is 12.4 Å². The van der Waals surface area contributed by atoms with E-state index in [0.717, 1.165) is 33.8 Å². The minimum absolute atomic E-state index is 0. The van der Waals surface area contributed by atoms with E-state index >= 15 is 0 Å². The van der Waals surface area contributed by atoms with E-state index in [-0.39, 0.29) is 18.3 Å². The molecule has 2 N–H and O–H groups in total. The lowest BCUT2D eigenvalue weighted by Crippen LogP contribution is -2.37. The summed E-state index contributed by atoms with van der Waals surface area (Å²) in [6.07, 6.45) is 2.34. The average molecular weight is 370 g/mol. The Bertz CT molecular complexity index is 641. The van der Waals surface area contributed by atoms with E-state index in [2.05, 4.69) is 32.6 Å². The maximum Gasteiger partial charge on any atom is 0.251 e. The van der Waals surface area contributed by atoms with Crippen LogP contribution in [0.2, 0.25) is 0 Å². The highest BCUT2D eigenvalue weighted by Crippen LogP contribution is 2.21. The third kappa shape index (κ3) is 3.96. The zero-order valence-corrected chi connectivity index (χ0v) is 14.0. The van der Waals surface area contributed by atoms with Crippen LogP contribution in [0.15, 0.2) is 40.9 Å². The summed E-state index contributed by atoms with van der Waals surface area (Å²) in [7, 11) is 0. The van der Waals surface area contributed by atoms with Crippen LogP contribution in [0.1, 0.15) is 23.2 Å². The maximum absolute atomic E-state index is 12.2. The number of amides is 1. The van der Waals surface area contributed by atoms with Crippen LogP contribution < -0.4 is 10.6 Å². The minimum atomic E-state index is 0. The van der Waals surface area contributed by atoms with Crippen LogP contribution in [-0.2, 0) is 0 Å². The van der Waals surface area contributed by atoms with Crippen molar-refractivity contribution in [3.63, 3.8) is 0 Å². The highest BCUT2D eigenvalue weighted by Gasteiger charge is 2.15. The van der Waals surface area contributed by atoms with Crippen LogP contribution in [0.5, 0.6) is 0 Å². The normalized spacial score (nSPS) is 17.5. The molecule has 1 fully saturated rings. The Balaban J connectivity index is 0.00000161. The largest absolute Gasteiger partial charge is 0.350 e. The predicted molar refractivity (Wildman–Crippen MR) is 92.3 cm³/mol. The van der Waals surface area contributed by atoms with Crippen molar-refractivity contribution >= 4 is 45.0 Å². The second-order valence-corrected chi connectivity index (χ2v) is 6.13. The Kier molecular flexibility index (Phi) is 5.62. The van der Waals surface area contributed by atoms with E-state index in [0.29, 0.717) is 12.6 Å². The molecular formula is C16H18BrClN2O. The quantitative estimate of drug-likeness (QED) is 0.869. The van der Waals surface area contributed by atoms with E-state index in [1.54, 1.807) is 0 Å². The summed E-state index contributed by atoms with van der Waals surface area (Å²) in [6.45, 7) is 1.77. The molecule has 5 heteroatoms. The summed E-state index contributed by atoms with van der Waals surface area (Å²) in [6, 6.07) is 12.3. The molecule has 21 heavy (non-hydrogen) atoms. The number of rotatable bonds is 3. The van der Waals surface area contributed by atoms with Gasteiger partial charge in [0, 0.05) is 22.6 Å². The fraction of sp³-hybridized carbons (Fsp3) is 0.312. The van der Waals surface area contributed by atoms with E-state index in [1.807, 2.05) is 30.3 Å². The number of nitrogens with one attached hydrogen (secondary N) is 2. The molecule has 2 aromatic rings. The highest BCUT2D eigenvalue weighted by molar-refractivity contribution is 9.10. The number of halogens is 2. The lowest BCUT2D eigenvalue weighted by atomic mass is 10.1. The first-order chi connectivity index (χ1) is 9.72. The number of hydrogen-bond acceptors (Lipinski definition) is 2. The Labute approximate surface area is 139 Å². The van der Waals surface area contributed by atoms with Crippen molar-refractivity contribution in [1.82, 2.24) is 10.6 Å². The van der Waals surface area contributed by atoms with E-state index in [4.69, 9.17) is 0 Å². The molecule has 1 aliphatic heterocycles. The van der Waals surface area contributed by atoms with Crippen LogP contribution in [0.4, 0.5) is 0 Å². The lowest BCUT2D eigenvalue weighted by Gasteiger charge is -2.11. The van der Waals surface area contributed by atoms with Crippen molar-refractivity contribution in [1.29, 1.82) is 0 Å². The van der Waals surface area contributed by atoms with E-state index < -0.39 is 0 Å². The lowest BCUT2D eigenvalue weighted by molar-refractivity contribution is 0.0950. The number of hydrogen-bond donors (Lipinski definition) is 2. The smallest absolute Gasteiger partial charge is 0.251 e. The van der Waals surface area contributed by atoms with Crippen molar-refractivity contribution < 1.29 is 4.79 Å². The fourth-order valence-corrected chi connectivity index (χ4v) is 2.99. The van der Waals surface area contributed by atoms with Crippen molar-refractivity contribution in [2.24, 2.45) is 0 Å². The molecule has 1 unspecified atom stereocenters. The van der Waals surface area contributed by atoms with Gasteiger partial charge < -0.3 is 10.6 Å². The van der Waals surface area contributed by atoms with Gasteiger partial charge in [0.05, 0.1) is 0 Å². The molecule has 0 bridgehead atoms. The topological polar surface area (TPSA) is 41.1 Å². The van der Waals surface area contributed by atoms with Crippen LogP contribution >= 0.6 is 28.3 Å². The van der Waals surface area contributed by atoms with Gasteiger partial charge in [-0.05, 0) is 54.4 Å². The second kappa shape index (κ2) is 7.25. The number of carbonyl (C=O) groups is 1. The van der Waals surface area contributed by atoms with Crippen molar-refractivity contribution in [3.8, 4) is 0 Å². The van der Waals surface area contributed by atoms with Crippen molar-refractivity contribution in [2.75, 3.05) is 13.1 Å². The minimum Gasteiger partial charge on any atom is -0.350 e. The van der Waals surface area contributed by atoms with Gasteiger partial charge in [0.15, 0.2) is 0 Å². The molecule has 1 heterocycles. The van der Waals surface area contributed by atoms with E-state index in [1.165, 1.54) is 6.42 Å². The molecule has 0 aromatic heterocycles. The van der Waals surface area contributed by atoms with Gasteiger partial charge in [-0.1, -0.05) is 28.1 Å². The van der Waals surface area contributed by atoms with Crippen LogP contribution in [-0.4, -0.2) is 25.0 Å². The van der Waals surface area contributed by atoms with Gasteiger partial charge in [-0.2, -0.15) is 0 Å². The molecule has 1 saturated heterocycles. The maximum atomic E-state index is 12.2. The molecule has 1 amide bonds. The first kappa shape index (κ1) is 16.3. The summed E-state index contributed by atoms with van der Waals surface area (Å²) in [5.74, 6) is 0.00326. The first-order valence-corrected chi connectivity index (χ1v) is 7.72. The summed E-state index contributed by atoms with van der Waals surface area (Å²) >= 11 is 3.46. The molecular weight excluding hydrogens is 352 g/mol. The SMILES string of the molecule is Cl.O=C(NCC1CCCN1)c1ccc2cc(Br)ccc2c1. The Morgan fingerprint density at radius 1 is 1.24 bits per heavy atom. The number of benzene rings is 2. The van der Waals surface area contributed by atoms with Crippen molar-refractivity contribution in [3.05, 3.63) is 46.4 Å². The van der Waals surface area contributed by atoms with Crippen LogP contribution in [0.3, 0.4) is 0 Å². The molecule has 3 rings (SSSR count). The second-order valence-electron chi connectivity index (χ2n) is 5.21. The van der Waals surface area contributed by atoms with Crippen molar-refractivity contribution in [2.45, 2.75) is 18.9 Å². The standard InChI is InChI=1S/C16H17BrN2O.ClH/c17-14-6-5-11-8-13(4-3-12(11)9-14)16(20)19-10-15-2-1-7-18-15;/h3-6,8-9,15,18H,1-2,7,10H2,(H,19,20);1H. The van der Waals surface area contributed by atoms with Crippen LogP contribution in [0, 0.1) is 0 Å². The van der Waals surface area contributed by atoms with Gasteiger partial charge in [0.25, 0.3) is 5.91 Å². The Hall–Kier alpha value is -1.10. The third-order valence-corrected chi connectivity index (χ3v) is 4.23. The highest BCUT2D eigenvalue weighted by atomic mass is 79.9. The third-order valence-electron chi connectivity index (χ3n) is 3.74. The molecule has 0 saturated carbocycles. The van der Waals surface area contributed by atoms with Gasteiger partial charge >= 0.3 is 0 Å². The molecule has 1 atom stereocenters. The van der Waals surface area contributed by atoms with Gasteiger partial charge in [0.2, 0.25) is 0 Å². The fourth-order valence-electron chi connectivity index (χ4n) is 2.61. The summed E-state index contributed by atoms with van der Waals surface area (Å²) in [4.78, 5) is 12.2. The summed E-state index contributed by atoms with van der Waals surface area (Å²) < 4.78 is 1.05. The molecule has 3 nitrogen and oxygen atoms in total. The number of fused-ring (bicyclic) bond motifs is 1. The Morgan fingerprint density at radius 2 is 2.00 bits per heavy atom. The molecule has 112 valence electrons. The molecule has 0 radical (unpaired) electrons. The monoisotopic (exact) mass is 368 g/mol. The summed E-state index contributed by atoms with van der Waals surface area (Å²) in [5, 5.41) is 8.60. The molecule has 0 aliphatic carbocycles.